The second-order valence-corrected chi connectivity index (χ2v) is 4.66. The molecule has 0 bridgehead atoms. The molecule has 0 fully saturated rings. The predicted octanol–water partition coefficient (Wildman–Crippen LogP) is 2.49. The number of carboxylic acid groups (broad SMARTS) is 1. The Morgan fingerprint density at radius 2 is 2.16 bits per heavy atom. The second-order valence-electron chi connectivity index (χ2n) is 4.25. The maximum absolute atomic E-state index is 11.4. The van der Waals surface area contributed by atoms with Gasteiger partial charge in [-0.25, -0.2) is 0 Å². The SMILES string of the molecule is CCCC(CC(=O)O)Nc1cccc(Cl)c1C(N)=O. The number of rotatable bonds is 7. The Morgan fingerprint density at radius 3 is 2.68 bits per heavy atom. The quantitative estimate of drug-likeness (QED) is 0.717. The smallest absolute Gasteiger partial charge is 0.305 e. The van der Waals surface area contributed by atoms with E-state index in [-0.39, 0.29) is 23.0 Å². The first-order valence-corrected chi connectivity index (χ1v) is 6.40. The van der Waals surface area contributed by atoms with Gasteiger partial charge in [0.05, 0.1) is 17.0 Å². The molecule has 0 saturated heterocycles. The number of hydrogen-bond donors (Lipinski definition) is 3. The fourth-order valence-corrected chi connectivity index (χ4v) is 2.17. The fraction of sp³-hybridized carbons (Fsp3) is 0.385. The van der Waals surface area contributed by atoms with E-state index in [1.165, 1.54) is 0 Å². The molecule has 1 amide bonds. The summed E-state index contributed by atoms with van der Waals surface area (Å²) in [4.78, 5) is 22.2. The van der Waals surface area contributed by atoms with Gasteiger partial charge in [-0.2, -0.15) is 0 Å². The predicted molar refractivity (Wildman–Crippen MR) is 74.5 cm³/mol. The van der Waals surface area contributed by atoms with Gasteiger partial charge in [0.1, 0.15) is 0 Å². The van der Waals surface area contributed by atoms with Gasteiger partial charge in [0, 0.05) is 11.7 Å². The van der Waals surface area contributed by atoms with Gasteiger partial charge in [-0.3, -0.25) is 9.59 Å². The first-order chi connectivity index (χ1) is 8.95. The molecule has 1 unspecified atom stereocenters. The van der Waals surface area contributed by atoms with E-state index >= 15 is 0 Å². The number of benzene rings is 1. The number of primary amides is 1. The van der Waals surface area contributed by atoms with Crippen LogP contribution in [-0.4, -0.2) is 23.0 Å². The van der Waals surface area contributed by atoms with E-state index in [0.717, 1.165) is 6.42 Å². The van der Waals surface area contributed by atoms with E-state index in [1.807, 2.05) is 6.92 Å². The van der Waals surface area contributed by atoms with Crippen molar-refractivity contribution in [3.63, 3.8) is 0 Å². The maximum atomic E-state index is 11.4. The molecule has 0 aliphatic rings. The van der Waals surface area contributed by atoms with E-state index in [2.05, 4.69) is 5.32 Å². The van der Waals surface area contributed by atoms with Crippen molar-refractivity contribution in [2.75, 3.05) is 5.32 Å². The fourth-order valence-electron chi connectivity index (χ4n) is 1.90. The minimum atomic E-state index is -0.895. The van der Waals surface area contributed by atoms with Crippen molar-refractivity contribution < 1.29 is 14.7 Å². The van der Waals surface area contributed by atoms with Gasteiger partial charge in [-0.15, -0.1) is 0 Å². The van der Waals surface area contributed by atoms with Gasteiger partial charge in [-0.1, -0.05) is 31.0 Å². The molecule has 0 spiro atoms. The highest BCUT2D eigenvalue weighted by molar-refractivity contribution is 6.34. The summed E-state index contributed by atoms with van der Waals surface area (Å²) in [6, 6.07) is 4.65. The largest absolute Gasteiger partial charge is 0.481 e. The average molecular weight is 285 g/mol. The van der Waals surface area contributed by atoms with Crippen LogP contribution in [0.2, 0.25) is 5.02 Å². The lowest BCUT2D eigenvalue weighted by atomic mass is 10.1. The van der Waals surface area contributed by atoms with Crippen LogP contribution in [-0.2, 0) is 4.79 Å². The zero-order valence-corrected chi connectivity index (χ0v) is 11.4. The van der Waals surface area contributed by atoms with Gasteiger partial charge in [0.15, 0.2) is 0 Å². The third-order valence-electron chi connectivity index (χ3n) is 2.68. The van der Waals surface area contributed by atoms with E-state index < -0.39 is 11.9 Å². The molecule has 5 nitrogen and oxygen atoms in total. The normalized spacial score (nSPS) is 11.9. The Bertz CT molecular complexity index is 477. The summed E-state index contributed by atoms with van der Waals surface area (Å²) in [6.45, 7) is 1.96. The molecule has 4 N–H and O–H groups in total. The summed E-state index contributed by atoms with van der Waals surface area (Å²) in [5.74, 6) is -1.53. The Balaban J connectivity index is 2.98. The number of hydrogen-bond acceptors (Lipinski definition) is 3. The van der Waals surface area contributed by atoms with Crippen LogP contribution in [0.4, 0.5) is 5.69 Å². The van der Waals surface area contributed by atoms with E-state index in [9.17, 15) is 9.59 Å². The average Bonchev–Trinajstić information content (AvgIpc) is 2.27. The molecule has 1 aromatic carbocycles. The number of aliphatic carboxylic acids is 1. The standard InChI is InChI=1S/C13H17ClN2O3/c1-2-4-8(7-11(17)18)16-10-6-3-5-9(14)12(10)13(15)19/h3,5-6,8,16H,2,4,7H2,1H3,(H2,15,19)(H,17,18). The second kappa shape index (κ2) is 6.99. The highest BCUT2D eigenvalue weighted by Crippen LogP contribution is 2.25. The van der Waals surface area contributed by atoms with Crippen molar-refractivity contribution in [2.24, 2.45) is 5.73 Å². The number of nitrogens with one attached hydrogen (secondary N) is 1. The van der Waals surface area contributed by atoms with Crippen LogP contribution in [0, 0.1) is 0 Å². The Labute approximate surface area is 116 Å². The molecule has 0 saturated carbocycles. The van der Waals surface area contributed by atoms with Crippen molar-refractivity contribution in [1.29, 1.82) is 0 Å². The lowest BCUT2D eigenvalue weighted by Gasteiger charge is -2.19. The number of halogens is 1. The van der Waals surface area contributed by atoms with E-state index in [1.54, 1.807) is 18.2 Å². The Hall–Kier alpha value is -1.75. The van der Waals surface area contributed by atoms with Crippen molar-refractivity contribution >= 4 is 29.2 Å². The number of nitrogens with two attached hydrogens (primary N) is 1. The minimum Gasteiger partial charge on any atom is -0.481 e. The molecule has 0 aliphatic heterocycles. The third kappa shape index (κ3) is 4.44. The summed E-state index contributed by atoms with van der Waals surface area (Å²) >= 11 is 5.93. The lowest BCUT2D eigenvalue weighted by molar-refractivity contribution is -0.137. The topological polar surface area (TPSA) is 92.4 Å². The zero-order chi connectivity index (χ0) is 14.4. The number of anilines is 1. The summed E-state index contributed by atoms with van der Waals surface area (Å²) in [5, 5.41) is 12.2. The summed E-state index contributed by atoms with van der Waals surface area (Å²) < 4.78 is 0. The highest BCUT2D eigenvalue weighted by atomic mass is 35.5. The maximum Gasteiger partial charge on any atom is 0.305 e. The van der Waals surface area contributed by atoms with Crippen molar-refractivity contribution in [2.45, 2.75) is 32.2 Å². The lowest BCUT2D eigenvalue weighted by Crippen LogP contribution is -2.25. The molecule has 1 rings (SSSR count). The van der Waals surface area contributed by atoms with Crippen LogP contribution in [0.25, 0.3) is 0 Å². The zero-order valence-electron chi connectivity index (χ0n) is 10.6. The van der Waals surface area contributed by atoms with Crippen LogP contribution >= 0.6 is 11.6 Å². The minimum absolute atomic E-state index is 0.0292. The van der Waals surface area contributed by atoms with Crippen molar-refractivity contribution in [3.05, 3.63) is 28.8 Å². The molecule has 1 atom stereocenters. The third-order valence-corrected chi connectivity index (χ3v) is 2.99. The summed E-state index contributed by atoms with van der Waals surface area (Å²) in [7, 11) is 0. The molecule has 1 aromatic rings. The molecular formula is C13H17ClN2O3. The highest BCUT2D eigenvalue weighted by Gasteiger charge is 2.17. The Morgan fingerprint density at radius 1 is 1.47 bits per heavy atom. The number of carboxylic acids is 1. The summed E-state index contributed by atoms with van der Waals surface area (Å²) in [5.41, 5.74) is 5.95. The van der Waals surface area contributed by atoms with Crippen LogP contribution in [0.3, 0.4) is 0 Å². The van der Waals surface area contributed by atoms with Crippen LogP contribution in [0.15, 0.2) is 18.2 Å². The monoisotopic (exact) mass is 284 g/mol. The van der Waals surface area contributed by atoms with Gasteiger partial charge in [0.2, 0.25) is 0 Å². The molecule has 0 aromatic heterocycles. The first kappa shape index (κ1) is 15.3. The molecule has 19 heavy (non-hydrogen) atoms. The van der Waals surface area contributed by atoms with Gasteiger partial charge in [-0.05, 0) is 18.6 Å². The van der Waals surface area contributed by atoms with Crippen molar-refractivity contribution in [3.8, 4) is 0 Å². The number of amides is 1. The van der Waals surface area contributed by atoms with Crippen LogP contribution in [0.1, 0.15) is 36.5 Å². The van der Waals surface area contributed by atoms with Crippen LogP contribution < -0.4 is 11.1 Å². The van der Waals surface area contributed by atoms with Gasteiger partial charge < -0.3 is 16.2 Å². The molecule has 104 valence electrons. The van der Waals surface area contributed by atoms with Gasteiger partial charge in [0.25, 0.3) is 5.91 Å². The Kier molecular flexibility index (Phi) is 5.63. The van der Waals surface area contributed by atoms with E-state index in [0.29, 0.717) is 12.1 Å². The molecule has 6 heteroatoms. The van der Waals surface area contributed by atoms with Crippen molar-refractivity contribution in [1.82, 2.24) is 0 Å². The van der Waals surface area contributed by atoms with Gasteiger partial charge >= 0.3 is 5.97 Å². The molecule has 0 aliphatic carbocycles. The van der Waals surface area contributed by atoms with E-state index in [4.69, 9.17) is 22.4 Å². The number of carbonyl (C=O) groups is 2. The molecule has 0 radical (unpaired) electrons. The summed E-state index contributed by atoms with van der Waals surface area (Å²) in [6.07, 6.45) is 1.48. The van der Waals surface area contributed by atoms with Crippen LogP contribution in [0.5, 0.6) is 0 Å². The molecule has 0 heterocycles. The molecular weight excluding hydrogens is 268 g/mol. The first-order valence-electron chi connectivity index (χ1n) is 6.02. The number of carbonyl (C=O) groups excluding carboxylic acids is 1.